The van der Waals surface area contributed by atoms with Gasteiger partial charge in [0.1, 0.15) is 25.0 Å². The topological polar surface area (TPSA) is 142 Å². The smallest absolute Gasteiger partial charge is 0.324 e. The number of primary sulfonamides is 1. The molecule has 2 rings (SSSR count). The van der Waals surface area contributed by atoms with Gasteiger partial charge in [0.25, 0.3) is 0 Å². The lowest BCUT2D eigenvalue weighted by Crippen LogP contribution is -2.39. The van der Waals surface area contributed by atoms with Gasteiger partial charge in [0, 0.05) is 5.02 Å². The summed E-state index contributed by atoms with van der Waals surface area (Å²) in [6, 6.07) is 9.74. The SMILES string of the molecule is C[C@H](NS(=O)(=O)c1ccc(Cl)cc1)C(=O)OCCOc1ccc(S(N)(=O)=O)cc1. The first-order valence-electron chi connectivity index (χ1n) is 8.19. The first-order valence-corrected chi connectivity index (χ1v) is 11.6. The van der Waals surface area contributed by atoms with Crippen LogP contribution in [0.4, 0.5) is 0 Å². The molecular weight excluding hydrogens is 444 g/mol. The summed E-state index contributed by atoms with van der Waals surface area (Å²) in [5, 5.41) is 5.38. The summed E-state index contributed by atoms with van der Waals surface area (Å²) in [5.41, 5.74) is 0. The molecule has 1 atom stereocenters. The molecule has 0 bridgehead atoms. The standard InChI is InChI=1S/C17H19ClN2O7S2/c1-12(20-29(24,25)16-6-2-13(18)3-7-16)17(21)27-11-10-26-14-4-8-15(9-5-14)28(19,22)23/h2-9,12,20H,10-11H2,1H3,(H2,19,22,23)/t12-/m0/s1. The Balaban J connectivity index is 1.80. The Morgan fingerprint density at radius 2 is 1.55 bits per heavy atom. The number of hydrogen-bond donors (Lipinski definition) is 2. The van der Waals surface area contributed by atoms with Gasteiger partial charge < -0.3 is 9.47 Å². The molecule has 0 spiro atoms. The van der Waals surface area contributed by atoms with Crippen LogP contribution in [0.5, 0.6) is 5.75 Å². The fourth-order valence-corrected chi connectivity index (χ4v) is 3.95. The molecule has 0 heterocycles. The Labute approximate surface area is 173 Å². The van der Waals surface area contributed by atoms with Crippen molar-refractivity contribution in [2.24, 2.45) is 5.14 Å². The van der Waals surface area contributed by atoms with Crippen molar-refractivity contribution in [1.82, 2.24) is 4.72 Å². The predicted molar refractivity (Wildman–Crippen MR) is 106 cm³/mol. The van der Waals surface area contributed by atoms with E-state index in [0.717, 1.165) is 0 Å². The highest BCUT2D eigenvalue weighted by Crippen LogP contribution is 2.15. The third-order valence-corrected chi connectivity index (χ3v) is 6.30. The average Bonchev–Trinajstić information content (AvgIpc) is 2.64. The lowest BCUT2D eigenvalue weighted by Gasteiger charge is -2.14. The van der Waals surface area contributed by atoms with Gasteiger partial charge in [-0.1, -0.05) is 11.6 Å². The first kappa shape index (κ1) is 23.1. The molecule has 0 aromatic heterocycles. The minimum atomic E-state index is -3.91. The van der Waals surface area contributed by atoms with Gasteiger partial charge in [-0.3, -0.25) is 4.79 Å². The van der Waals surface area contributed by atoms with E-state index in [9.17, 15) is 21.6 Å². The lowest BCUT2D eigenvalue weighted by molar-refractivity contribution is -0.145. The van der Waals surface area contributed by atoms with Crippen LogP contribution in [0.15, 0.2) is 58.3 Å². The Bertz CT molecular complexity index is 1050. The van der Waals surface area contributed by atoms with Crippen molar-refractivity contribution in [3.63, 3.8) is 0 Å². The van der Waals surface area contributed by atoms with Crippen molar-refractivity contribution in [3.8, 4) is 5.75 Å². The molecule has 3 N–H and O–H groups in total. The number of hydrogen-bond acceptors (Lipinski definition) is 7. The number of esters is 1. The predicted octanol–water partition coefficient (Wildman–Crippen LogP) is 1.28. The van der Waals surface area contributed by atoms with Gasteiger partial charge in [0.15, 0.2) is 0 Å². The van der Waals surface area contributed by atoms with E-state index < -0.39 is 32.1 Å². The number of halogens is 1. The fraction of sp³-hybridized carbons (Fsp3) is 0.235. The normalized spacial score (nSPS) is 12.9. The van der Waals surface area contributed by atoms with E-state index in [-0.39, 0.29) is 23.0 Å². The van der Waals surface area contributed by atoms with Gasteiger partial charge in [0.05, 0.1) is 9.79 Å². The van der Waals surface area contributed by atoms with Gasteiger partial charge in [-0.15, -0.1) is 0 Å². The Morgan fingerprint density at radius 3 is 2.10 bits per heavy atom. The van der Waals surface area contributed by atoms with Gasteiger partial charge in [-0.2, -0.15) is 4.72 Å². The Hall–Kier alpha value is -2.18. The summed E-state index contributed by atoms with van der Waals surface area (Å²) < 4.78 is 59.3. The van der Waals surface area contributed by atoms with E-state index in [0.29, 0.717) is 10.8 Å². The van der Waals surface area contributed by atoms with Crippen LogP contribution in [-0.2, 0) is 29.6 Å². The maximum Gasteiger partial charge on any atom is 0.324 e. The molecule has 0 fully saturated rings. The molecular formula is C17H19ClN2O7S2. The van der Waals surface area contributed by atoms with Crippen LogP contribution in [0.2, 0.25) is 5.02 Å². The molecule has 9 nitrogen and oxygen atoms in total. The quantitative estimate of drug-likeness (QED) is 0.422. The van der Waals surface area contributed by atoms with Crippen LogP contribution >= 0.6 is 11.6 Å². The number of benzene rings is 2. The molecule has 0 radical (unpaired) electrons. The van der Waals surface area contributed by atoms with Gasteiger partial charge >= 0.3 is 5.97 Å². The van der Waals surface area contributed by atoms with Crippen LogP contribution in [0, 0.1) is 0 Å². The monoisotopic (exact) mass is 462 g/mol. The molecule has 12 heteroatoms. The second kappa shape index (κ2) is 9.55. The first-order chi connectivity index (χ1) is 13.5. The zero-order valence-corrected chi connectivity index (χ0v) is 17.6. The molecule has 2 aromatic carbocycles. The number of sulfonamides is 2. The maximum atomic E-state index is 12.2. The second-order valence-corrected chi connectivity index (χ2v) is 9.54. The second-order valence-electron chi connectivity index (χ2n) is 5.83. The van der Waals surface area contributed by atoms with E-state index in [4.69, 9.17) is 26.2 Å². The van der Waals surface area contributed by atoms with Gasteiger partial charge in [0.2, 0.25) is 20.0 Å². The summed E-state index contributed by atoms with van der Waals surface area (Å²) in [7, 11) is -7.70. The highest BCUT2D eigenvalue weighted by molar-refractivity contribution is 7.89. The molecule has 0 amide bonds. The molecule has 0 aliphatic rings. The minimum Gasteiger partial charge on any atom is -0.490 e. The molecule has 0 saturated carbocycles. The molecule has 29 heavy (non-hydrogen) atoms. The summed E-state index contributed by atoms with van der Waals surface area (Å²) in [4.78, 5) is 11.9. The van der Waals surface area contributed by atoms with E-state index in [2.05, 4.69) is 4.72 Å². The molecule has 0 unspecified atom stereocenters. The van der Waals surface area contributed by atoms with Crippen LogP contribution in [0.1, 0.15) is 6.92 Å². The fourth-order valence-electron chi connectivity index (χ4n) is 2.11. The minimum absolute atomic E-state index is 0.0167. The van der Waals surface area contributed by atoms with Gasteiger partial charge in [-0.05, 0) is 55.5 Å². The highest BCUT2D eigenvalue weighted by atomic mass is 35.5. The number of rotatable bonds is 9. The third-order valence-electron chi connectivity index (χ3n) is 3.56. The van der Waals surface area contributed by atoms with E-state index in [1.165, 1.54) is 55.5 Å². The van der Waals surface area contributed by atoms with E-state index in [1.54, 1.807) is 0 Å². The number of nitrogens with one attached hydrogen (secondary N) is 1. The highest BCUT2D eigenvalue weighted by Gasteiger charge is 2.23. The van der Waals surface area contributed by atoms with Crippen LogP contribution in [-0.4, -0.2) is 42.1 Å². The maximum absolute atomic E-state index is 12.2. The summed E-state index contributed by atoms with van der Waals surface area (Å²) in [6.07, 6.45) is 0. The van der Waals surface area contributed by atoms with E-state index in [1.807, 2.05) is 0 Å². The lowest BCUT2D eigenvalue weighted by atomic mass is 10.3. The number of carbonyl (C=O) groups is 1. The zero-order valence-electron chi connectivity index (χ0n) is 15.2. The van der Waals surface area contributed by atoms with Crippen molar-refractivity contribution in [1.29, 1.82) is 0 Å². The van der Waals surface area contributed by atoms with Crippen LogP contribution in [0.3, 0.4) is 0 Å². The summed E-state index contributed by atoms with van der Waals surface area (Å²) in [6.45, 7) is 1.20. The molecule has 0 aliphatic carbocycles. The number of carbonyl (C=O) groups excluding carboxylic acids is 1. The van der Waals surface area contributed by atoms with Crippen molar-refractivity contribution in [2.45, 2.75) is 22.8 Å². The van der Waals surface area contributed by atoms with Crippen LogP contribution < -0.4 is 14.6 Å². The van der Waals surface area contributed by atoms with Crippen molar-refractivity contribution >= 4 is 37.6 Å². The van der Waals surface area contributed by atoms with Gasteiger partial charge in [-0.25, -0.2) is 22.0 Å². The zero-order chi connectivity index (χ0) is 21.7. The largest absolute Gasteiger partial charge is 0.490 e. The molecule has 0 saturated heterocycles. The third kappa shape index (κ3) is 6.98. The average molecular weight is 463 g/mol. The van der Waals surface area contributed by atoms with Crippen molar-refractivity contribution in [2.75, 3.05) is 13.2 Å². The number of nitrogens with two attached hydrogens (primary N) is 1. The van der Waals surface area contributed by atoms with Crippen LogP contribution in [0.25, 0.3) is 0 Å². The Kier molecular flexibility index (Phi) is 7.60. The van der Waals surface area contributed by atoms with Crippen molar-refractivity contribution < 1.29 is 31.1 Å². The Morgan fingerprint density at radius 1 is 1.00 bits per heavy atom. The van der Waals surface area contributed by atoms with E-state index >= 15 is 0 Å². The number of ether oxygens (including phenoxy) is 2. The van der Waals surface area contributed by atoms with Crippen molar-refractivity contribution in [3.05, 3.63) is 53.6 Å². The molecule has 0 aliphatic heterocycles. The molecule has 158 valence electrons. The summed E-state index contributed by atoms with van der Waals surface area (Å²) >= 11 is 5.73. The summed E-state index contributed by atoms with van der Waals surface area (Å²) in [5.74, 6) is -0.430. The molecule has 2 aromatic rings.